The molecule has 3 fully saturated rings. The van der Waals surface area contributed by atoms with Crippen LogP contribution in [-0.2, 0) is 0 Å². The Labute approximate surface area is 114 Å². The minimum absolute atomic E-state index is 1.10. The molecule has 0 aromatic rings. The minimum atomic E-state index is 1.10. The van der Waals surface area contributed by atoms with E-state index in [1.54, 1.807) is 57.8 Å². The van der Waals surface area contributed by atoms with Crippen molar-refractivity contribution in [1.82, 2.24) is 0 Å². The summed E-state index contributed by atoms with van der Waals surface area (Å²) in [6.45, 7) is 2.35. The van der Waals surface area contributed by atoms with Crippen molar-refractivity contribution in [1.29, 1.82) is 0 Å². The molecule has 0 aliphatic heterocycles. The Hall–Kier alpha value is 0. The highest BCUT2D eigenvalue weighted by Crippen LogP contribution is 2.47. The van der Waals surface area contributed by atoms with E-state index in [0.717, 1.165) is 29.6 Å². The molecule has 0 aromatic carbocycles. The first-order valence-electron chi connectivity index (χ1n) is 8.85. The molecule has 4 atom stereocenters. The molecule has 3 aliphatic carbocycles. The molecule has 0 bridgehead atoms. The van der Waals surface area contributed by atoms with E-state index in [9.17, 15) is 0 Å². The van der Waals surface area contributed by atoms with Crippen LogP contribution in [0.5, 0.6) is 0 Å². The van der Waals surface area contributed by atoms with E-state index in [-0.39, 0.29) is 0 Å². The monoisotopic (exact) mass is 248 g/mol. The van der Waals surface area contributed by atoms with Crippen molar-refractivity contribution in [2.45, 2.75) is 84.0 Å². The van der Waals surface area contributed by atoms with Gasteiger partial charge in [0.1, 0.15) is 0 Å². The molecule has 18 heavy (non-hydrogen) atoms. The molecule has 104 valence electrons. The van der Waals surface area contributed by atoms with Crippen LogP contribution in [0.2, 0.25) is 0 Å². The Kier molecular flexibility index (Phi) is 4.31. The largest absolute Gasteiger partial charge is 0.0654 e. The average Bonchev–Trinajstić information content (AvgIpc) is 2.88. The van der Waals surface area contributed by atoms with E-state index in [1.165, 1.54) is 19.3 Å². The Balaban J connectivity index is 1.39. The number of rotatable bonds is 5. The lowest BCUT2D eigenvalue weighted by molar-refractivity contribution is 0.202. The SMILES string of the molecule is CCCC1CCC(CC2CCC(C3CCC3)C2)C1. The topological polar surface area (TPSA) is 0 Å². The minimum Gasteiger partial charge on any atom is -0.0654 e. The van der Waals surface area contributed by atoms with Gasteiger partial charge in [-0.15, -0.1) is 0 Å². The van der Waals surface area contributed by atoms with Crippen molar-refractivity contribution in [3.05, 3.63) is 0 Å². The Morgan fingerprint density at radius 3 is 2.17 bits per heavy atom. The summed E-state index contributed by atoms with van der Waals surface area (Å²) in [5, 5.41) is 0. The van der Waals surface area contributed by atoms with Gasteiger partial charge < -0.3 is 0 Å². The van der Waals surface area contributed by atoms with Crippen LogP contribution in [0.1, 0.15) is 84.0 Å². The van der Waals surface area contributed by atoms with Crippen molar-refractivity contribution in [2.75, 3.05) is 0 Å². The molecule has 4 unspecified atom stereocenters. The molecular formula is C18H32. The fourth-order valence-corrected chi connectivity index (χ4v) is 5.20. The van der Waals surface area contributed by atoms with Crippen LogP contribution in [-0.4, -0.2) is 0 Å². The summed E-state index contributed by atoms with van der Waals surface area (Å²) in [6.07, 6.45) is 18.7. The Morgan fingerprint density at radius 2 is 1.44 bits per heavy atom. The van der Waals surface area contributed by atoms with Gasteiger partial charge in [0.25, 0.3) is 0 Å². The maximum absolute atomic E-state index is 2.35. The fourth-order valence-electron chi connectivity index (χ4n) is 5.20. The normalized spacial score (nSPS) is 41.2. The molecule has 0 saturated heterocycles. The molecule has 3 saturated carbocycles. The second-order valence-electron chi connectivity index (χ2n) is 7.70. The molecule has 0 nitrogen and oxygen atoms in total. The Bertz CT molecular complexity index is 253. The van der Waals surface area contributed by atoms with Crippen LogP contribution in [0.25, 0.3) is 0 Å². The molecular weight excluding hydrogens is 216 g/mol. The maximum atomic E-state index is 2.35. The van der Waals surface area contributed by atoms with Crippen molar-refractivity contribution in [3.8, 4) is 0 Å². The van der Waals surface area contributed by atoms with E-state index in [2.05, 4.69) is 6.92 Å². The van der Waals surface area contributed by atoms with Crippen molar-refractivity contribution >= 4 is 0 Å². The zero-order valence-electron chi connectivity index (χ0n) is 12.4. The third-order valence-corrected chi connectivity index (χ3v) is 6.41. The molecule has 0 spiro atoms. The van der Waals surface area contributed by atoms with Gasteiger partial charge in [-0.05, 0) is 55.3 Å². The predicted molar refractivity (Wildman–Crippen MR) is 78.5 cm³/mol. The van der Waals surface area contributed by atoms with Crippen molar-refractivity contribution in [3.63, 3.8) is 0 Å². The maximum Gasteiger partial charge on any atom is -0.0383 e. The van der Waals surface area contributed by atoms with Gasteiger partial charge in [0.05, 0.1) is 0 Å². The molecule has 3 aliphatic rings. The van der Waals surface area contributed by atoms with Gasteiger partial charge in [-0.1, -0.05) is 58.3 Å². The molecule has 0 heteroatoms. The highest BCUT2D eigenvalue weighted by atomic mass is 14.4. The second kappa shape index (κ2) is 5.97. The van der Waals surface area contributed by atoms with Gasteiger partial charge in [0.2, 0.25) is 0 Å². The lowest BCUT2D eigenvalue weighted by Gasteiger charge is -2.31. The van der Waals surface area contributed by atoms with E-state index >= 15 is 0 Å². The quantitative estimate of drug-likeness (QED) is 0.576. The highest BCUT2D eigenvalue weighted by molar-refractivity contribution is 4.87. The smallest absolute Gasteiger partial charge is 0.0383 e. The van der Waals surface area contributed by atoms with Gasteiger partial charge in [0.15, 0.2) is 0 Å². The molecule has 0 N–H and O–H groups in total. The molecule has 0 aromatic heterocycles. The van der Waals surface area contributed by atoms with E-state index < -0.39 is 0 Å². The van der Waals surface area contributed by atoms with Crippen LogP contribution in [0.15, 0.2) is 0 Å². The summed E-state index contributed by atoms with van der Waals surface area (Å²) in [4.78, 5) is 0. The zero-order chi connectivity index (χ0) is 12.4. The van der Waals surface area contributed by atoms with Gasteiger partial charge in [-0.3, -0.25) is 0 Å². The van der Waals surface area contributed by atoms with Gasteiger partial charge >= 0.3 is 0 Å². The highest BCUT2D eigenvalue weighted by Gasteiger charge is 2.35. The summed E-state index contributed by atoms with van der Waals surface area (Å²) in [5.74, 6) is 5.65. The molecule has 0 amide bonds. The van der Waals surface area contributed by atoms with Gasteiger partial charge in [-0.25, -0.2) is 0 Å². The molecule has 0 heterocycles. The van der Waals surface area contributed by atoms with E-state index in [4.69, 9.17) is 0 Å². The summed E-state index contributed by atoms with van der Waals surface area (Å²) in [6, 6.07) is 0. The summed E-state index contributed by atoms with van der Waals surface area (Å²) < 4.78 is 0. The number of hydrogen-bond donors (Lipinski definition) is 0. The third-order valence-electron chi connectivity index (χ3n) is 6.41. The van der Waals surface area contributed by atoms with Crippen LogP contribution < -0.4 is 0 Å². The average molecular weight is 248 g/mol. The van der Waals surface area contributed by atoms with Crippen molar-refractivity contribution < 1.29 is 0 Å². The summed E-state index contributed by atoms with van der Waals surface area (Å²) >= 11 is 0. The first-order valence-corrected chi connectivity index (χ1v) is 8.85. The van der Waals surface area contributed by atoms with Crippen LogP contribution in [0, 0.1) is 29.6 Å². The van der Waals surface area contributed by atoms with Crippen molar-refractivity contribution in [2.24, 2.45) is 29.6 Å². The predicted octanol–water partition coefficient (Wildman–Crippen LogP) is 5.81. The third kappa shape index (κ3) is 2.94. The van der Waals surface area contributed by atoms with E-state index in [0.29, 0.717) is 0 Å². The number of hydrogen-bond acceptors (Lipinski definition) is 0. The lowest BCUT2D eigenvalue weighted by atomic mass is 9.74. The molecule has 0 radical (unpaired) electrons. The standard InChI is InChI=1S/C18H32/c1-2-4-14-7-8-15(11-14)12-16-9-10-18(13-16)17-5-3-6-17/h14-18H,2-13H2,1H3. The lowest BCUT2D eigenvalue weighted by Crippen LogP contribution is -2.20. The first kappa shape index (κ1) is 13.0. The first-order chi connectivity index (χ1) is 8.85. The summed E-state index contributed by atoms with van der Waals surface area (Å²) in [5.41, 5.74) is 0. The fraction of sp³-hybridized carbons (Fsp3) is 1.00. The van der Waals surface area contributed by atoms with Crippen LogP contribution in [0.4, 0.5) is 0 Å². The van der Waals surface area contributed by atoms with Gasteiger partial charge in [-0.2, -0.15) is 0 Å². The van der Waals surface area contributed by atoms with Crippen LogP contribution >= 0.6 is 0 Å². The summed E-state index contributed by atoms with van der Waals surface area (Å²) in [7, 11) is 0. The zero-order valence-corrected chi connectivity index (χ0v) is 12.4. The Morgan fingerprint density at radius 1 is 0.722 bits per heavy atom. The second-order valence-corrected chi connectivity index (χ2v) is 7.70. The van der Waals surface area contributed by atoms with Crippen LogP contribution in [0.3, 0.4) is 0 Å². The van der Waals surface area contributed by atoms with E-state index in [1.807, 2.05) is 0 Å². The van der Waals surface area contributed by atoms with Gasteiger partial charge in [0, 0.05) is 0 Å². The molecule has 3 rings (SSSR count).